The predicted molar refractivity (Wildman–Crippen MR) is 76.2 cm³/mol. The summed E-state index contributed by atoms with van der Waals surface area (Å²) in [5.74, 6) is 6.24. The van der Waals surface area contributed by atoms with E-state index >= 15 is 0 Å². The molecule has 1 atom stereocenters. The maximum absolute atomic E-state index is 11.4. The van der Waals surface area contributed by atoms with Crippen LogP contribution < -0.4 is 11.3 Å². The van der Waals surface area contributed by atoms with E-state index in [4.69, 9.17) is 5.84 Å². The Labute approximate surface area is 115 Å². The summed E-state index contributed by atoms with van der Waals surface area (Å²) in [5.41, 5.74) is 3.97. The van der Waals surface area contributed by atoms with Gasteiger partial charge in [0.1, 0.15) is 0 Å². The lowest BCUT2D eigenvalue weighted by atomic mass is 9.81. The van der Waals surface area contributed by atoms with Crippen LogP contribution >= 0.6 is 0 Å². The zero-order valence-electron chi connectivity index (χ0n) is 11.3. The average Bonchev–Trinajstić information content (AvgIpc) is 2.40. The minimum Gasteiger partial charge on any atom is -0.271 e. The molecule has 4 nitrogen and oxygen atoms in total. The number of rotatable bonds is 4. The van der Waals surface area contributed by atoms with Gasteiger partial charge in [-0.25, -0.2) is 8.42 Å². The van der Waals surface area contributed by atoms with Crippen LogP contribution in [0.15, 0.2) is 29.2 Å². The molecule has 3 N–H and O–H groups in total. The lowest BCUT2D eigenvalue weighted by Gasteiger charge is -2.30. The maximum atomic E-state index is 11.4. The first-order valence-corrected chi connectivity index (χ1v) is 8.67. The molecule has 1 aliphatic rings. The summed E-state index contributed by atoms with van der Waals surface area (Å²) in [6, 6.07) is 7.19. The molecule has 2 rings (SSSR count). The maximum Gasteiger partial charge on any atom is 0.175 e. The Morgan fingerprint density at radius 1 is 1.16 bits per heavy atom. The largest absolute Gasteiger partial charge is 0.271 e. The van der Waals surface area contributed by atoms with Crippen molar-refractivity contribution in [1.82, 2.24) is 5.43 Å². The van der Waals surface area contributed by atoms with Crippen LogP contribution in [0.5, 0.6) is 0 Å². The van der Waals surface area contributed by atoms with Gasteiger partial charge < -0.3 is 0 Å². The van der Waals surface area contributed by atoms with E-state index in [9.17, 15) is 8.42 Å². The predicted octanol–water partition coefficient (Wildman–Crippen LogP) is 2.17. The standard InChI is InChI=1S/C14H22N2O2S/c1-19(17,18)13-9-7-12(8-10-13)14(16-15)11-5-3-2-4-6-11/h7-11,14,16H,2-6,15H2,1H3. The molecule has 0 amide bonds. The zero-order chi connectivity index (χ0) is 13.9. The molecule has 1 aromatic rings. The molecule has 1 saturated carbocycles. The Morgan fingerprint density at radius 3 is 2.21 bits per heavy atom. The Bertz CT molecular complexity index is 505. The van der Waals surface area contributed by atoms with Crippen LogP contribution in [-0.4, -0.2) is 14.7 Å². The van der Waals surface area contributed by atoms with Crippen molar-refractivity contribution in [1.29, 1.82) is 0 Å². The van der Waals surface area contributed by atoms with Gasteiger partial charge in [-0.2, -0.15) is 0 Å². The van der Waals surface area contributed by atoms with E-state index in [2.05, 4.69) is 5.43 Å². The Balaban J connectivity index is 2.19. The number of hydrogen-bond acceptors (Lipinski definition) is 4. The average molecular weight is 282 g/mol. The van der Waals surface area contributed by atoms with E-state index in [0.29, 0.717) is 10.8 Å². The summed E-state index contributed by atoms with van der Waals surface area (Å²) < 4.78 is 22.9. The summed E-state index contributed by atoms with van der Waals surface area (Å²) in [7, 11) is -3.13. The summed E-state index contributed by atoms with van der Waals surface area (Å²) in [6.45, 7) is 0. The first kappa shape index (κ1) is 14.5. The van der Waals surface area contributed by atoms with Crippen LogP contribution in [0.3, 0.4) is 0 Å². The van der Waals surface area contributed by atoms with Crippen molar-refractivity contribution in [3.63, 3.8) is 0 Å². The van der Waals surface area contributed by atoms with E-state index in [0.717, 1.165) is 5.56 Å². The van der Waals surface area contributed by atoms with Gasteiger partial charge in [0.15, 0.2) is 9.84 Å². The fraction of sp³-hybridized carbons (Fsp3) is 0.571. The second kappa shape index (κ2) is 6.03. The lowest BCUT2D eigenvalue weighted by molar-refractivity contribution is 0.273. The number of nitrogens with one attached hydrogen (secondary N) is 1. The first-order valence-electron chi connectivity index (χ1n) is 6.78. The monoisotopic (exact) mass is 282 g/mol. The fourth-order valence-corrected chi connectivity index (χ4v) is 3.52. The van der Waals surface area contributed by atoms with Crippen molar-refractivity contribution in [2.24, 2.45) is 11.8 Å². The number of hydrazine groups is 1. The van der Waals surface area contributed by atoms with E-state index in [1.54, 1.807) is 12.1 Å². The van der Waals surface area contributed by atoms with E-state index in [1.807, 2.05) is 12.1 Å². The van der Waals surface area contributed by atoms with Crippen molar-refractivity contribution >= 4 is 9.84 Å². The van der Waals surface area contributed by atoms with Crippen LogP contribution in [-0.2, 0) is 9.84 Å². The minimum absolute atomic E-state index is 0.119. The normalized spacial score (nSPS) is 19.3. The molecule has 0 heterocycles. The van der Waals surface area contributed by atoms with Crippen LogP contribution in [0.4, 0.5) is 0 Å². The minimum atomic E-state index is -3.13. The second-order valence-corrected chi connectivity index (χ2v) is 7.40. The van der Waals surface area contributed by atoms with Gasteiger partial charge in [-0.05, 0) is 36.5 Å². The zero-order valence-corrected chi connectivity index (χ0v) is 12.1. The number of nitrogens with two attached hydrogens (primary N) is 1. The third-order valence-electron chi connectivity index (χ3n) is 3.97. The van der Waals surface area contributed by atoms with Crippen molar-refractivity contribution in [2.45, 2.75) is 43.0 Å². The second-order valence-electron chi connectivity index (χ2n) is 5.38. The van der Waals surface area contributed by atoms with Crippen molar-refractivity contribution < 1.29 is 8.42 Å². The Kier molecular flexibility index (Phi) is 4.60. The van der Waals surface area contributed by atoms with Crippen LogP contribution in [0.1, 0.15) is 43.7 Å². The number of sulfone groups is 1. The highest BCUT2D eigenvalue weighted by Gasteiger charge is 2.24. The van der Waals surface area contributed by atoms with Gasteiger partial charge in [-0.15, -0.1) is 0 Å². The molecule has 19 heavy (non-hydrogen) atoms. The Morgan fingerprint density at radius 2 is 1.74 bits per heavy atom. The molecular formula is C14H22N2O2S. The third kappa shape index (κ3) is 3.55. The number of benzene rings is 1. The van der Waals surface area contributed by atoms with Crippen molar-refractivity contribution in [3.05, 3.63) is 29.8 Å². The fourth-order valence-electron chi connectivity index (χ4n) is 2.89. The molecule has 1 aliphatic carbocycles. The molecule has 1 fully saturated rings. The highest BCUT2D eigenvalue weighted by Crippen LogP contribution is 2.34. The molecule has 0 spiro atoms. The first-order chi connectivity index (χ1) is 9.02. The Hall–Kier alpha value is -0.910. The number of hydrogen-bond donors (Lipinski definition) is 2. The summed E-state index contributed by atoms with van der Waals surface area (Å²) >= 11 is 0. The van der Waals surface area contributed by atoms with Gasteiger partial charge in [0, 0.05) is 12.3 Å². The quantitative estimate of drug-likeness (QED) is 0.656. The van der Waals surface area contributed by atoms with Gasteiger partial charge in [0.25, 0.3) is 0 Å². The highest BCUT2D eigenvalue weighted by atomic mass is 32.2. The van der Waals surface area contributed by atoms with Crippen LogP contribution in [0.25, 0.3) is 0 Å². The molecule has 1 aromatic carbocycles. The van der Waals surface area contributed by atoms with Crippen molar-refractivity contribution in [3.8, 4) is 0 Å². The van der Waals surface area contributed by atoms with E-state index < -0.39 is 9.84 Å². The lowest BCUT2D eigenvalue weighted by Crippen LogP contribution is -2.34. The van der Waals surface area contributed by atoms with Gasteiger partial charge in [0.2, 0.25) is 0 Å². The highest BCUT2D eigenvalue weighted by molar-refractivity contribution is 7.90. The third-order valence-corrected chi connectivity index (χ3v) is 5.10. The van der Waals surface area contributed by atoms with Gasteiger partial charge in [-0.1, -0.05) is 31.4 Å². The van der Waals surface area contributed by atoms with Gasteiger partial charge in [0.05, 0.1) is 4.90 Å². The molecule has 106 valence electrons. The molecule has 1 unspecified atom stereocenters. The summed E-state index contributed by atoms with van der Waals surface area (Å²) in [6.07, 6.45) is 7.41. The molecule has 0 aliphatic heterocycles. The molecule has 0 saturated heterocycles. The van der Waals surface area contributed by atoms with E-state index in [1.165, 1.54) is 38.4 Å². The molecule has 0 radical (unpaired) electrons. The topological polar surface area (TPSA) is 72.2 Å². The smallest absolute Gasteiger partial charge is 0.175 e. The van der Waals surface area contributed by atoms with Crippen molar-refractivity contribution in [2.75, 3.05) is 6.26 Å². The molecular weight excluding hydrogens is 260 g/mol. The van der Waals surface area contributed by atoms with Crippen LogP contribution in [0.2, 0.25) is 0 Å². The SMILES string of the molecule is CS(=O)(=O)c1ccc(C(NN)C2CCCCC2)cc1. The van der Waals surface area contributed by atoms with E-state index in [-0.39, 0.29) is 6.04 Å². The molecule has 5 heteroatoms. The summed E-state index contributed by atoms with van der Waals surface area (Å²) in [4.78, 5) is 0.357. The van der Waals surface area contributed by atoms with Crippen LogP contribution in [0, 0.1) is 5.92 Å². The van der Waals surface area contributed by atoms with Gasteiger partial charge in [-0.3, -0.25) is 11.3 Å². The molecule has 0 aromatic heterocycles. The molecule has 0 bridgehead atoms. The van der Waals surface area contributed by atoms with Gasteiger partial charge >= 0.3 is 0 Å². The summed E-state index contributed by atoms with van der Waals surface area (Å²) in [5, 5.41) is 0.